The zero-order chi connectivity index (χ0) is 8.48. The summed E-state index contributed by atoms with van der Waals surface area (Å²) in [7, 11) is 2.09. The molecule has 0 aromatic carbocycles. The van der Waals surface area contributed by atoms with Gasteiger partial charge in [-0.15, -0.1) is 0 Å². The fourth-order valence-corrected chi connectivity index (χ4v) is 1.86. The first-order valence-corrected chi connectivity index (χ1v) is 4.10. The molecule has 0 amide bonds. The standard InChI is InChI=1S/C8H18N2O/c1-8(2)6-10(3)4-7(5-11)9-8/h7,9,11H,4-6H2,1-3H3/t7-/m1/s1. The van der Waals surface area contributed by atoms with Gasteiger partial charge in [0.05, 0.1) is 6.61 Å². The Labute approximate surface area is 68.4 Å². The lowest BCUT2D eigenvalue weighted by atomic mass is 9.99. The van der Waals surface area contributed by atoms with E-state index in [9.17, 15) is 0 Å². The Hall–Kier alpha value is -0.120. The van der Waals surface area contributed by atoms with E-state index in [1.807, 2.05) is 0 Å². The molecule has 3 heteroatoms. The molecule has 1 fully saturated rings. The number of piperazine rings is 1. The molecule has 1 heterocycles. The second-order valence-electron chi connectivity index (χ2n) is 4.10. The first-order valence-electron chi connectivity index (χ1n) is 4.10. The molecular weight excluding hydrogens is 140 g/mol. The van der Waals surface area contributed by atoms with E-state index in [1.165, 1.54) is 0 Å². The molecule has 11 heavy (non-hydrogen) atoms. The summed E-state index contributed by atoms with van der Waals surface area (Å²) in [5, 5.41) is 12.3. The molecule has 0 spiro atoms. The van der Waals surface area contributed by atoms with Crippen molar-refractivity contribution in [3.63, 3.8) is 0 Å². The van der Waals surface area contributed by atoms with Crippen molar-refractivity contribution in [3.8, 4) is 0 Å². The highest BCUT2D eigenvalue weighted by Gasteiger charge is 2.29. The van der Waals surface area contributed by atoms with E-state index in [0.717, 1.165) is 13.1 Å². The predicted molar refractivity (Wildman–Crippen MR) is 45.6 cm³/mol. The van der Waals surface area contributed by atoms with Crippen molar-refractivity contribution in [1.29, 1.82) is 0 Å². The zero-order valence-electron chi connectivity index (χ0n) is 7.59. The van der Waals surface area contributed by atoms with Crippen molar-refractivity contribution < 1.29 is 5.11 Å². The van der Waals surface area contributed by atoms with Gasteiger partial charge in [-0.3, -0.25) is 0 Å². The van der Waals surface area contributed by atoms with Crippen LogP contribution in [0.25, 0.3) is 0 Å². The molecule has 0 bridgehead atoms. The summed E-state index contributed by atoms with van der Waals surface area (Å²) in [5.41, 5.74) is 0.139. The third kappa shape index (κ3) is 2.43. The number of nitrogens with zero attached hydrogens (tertiary/aromatic N) is 1. The average molecular weight is 158 g/mol. The second-order valence-corrected chi connectivity index (χ2v) is 4.10. The molecule has 1 rings (SSSR count). The number of rotatable bonds is 1. The summed E-state index contributed by atoms with van der Waals surface area (Å²) in [4.78, 5) is 2.25. The topological polar surface area (TPSA) is 35.5 Å². The Bertz CT molecular complexity index is 136. The van der Waals surface area contributed by atoms with E-state index >= 15 is 0 Å². The highest BCUT2D eigenvalue weighted by molar-refractivity contribution is 4.90. The third-order valence-corrected chi connectivity index (χ3v) is 2.01. The molecule has 0 aromatic rings. The maximum absolute atomic E-state index is 8.95. The molecule has 0 aromatic heterocycles. The van der Waals surface area contributed by atoms with E-state index in [0.29, 0.717) is 0 Å². The van der Waals surface area contributed by atoms with Gasteiger partial charge in [0, 0.05) is 24.7 Å². The minimum absolute atomic E-state index is 0.139. The van der Waals surface area contributed by atoms with Crippen LogP contribution in [0.15, 0.2) is 0 Å². The predicted octanol–water partition coefficient (Wildman–Crippen LogP) is -0.339. The van der Waals surface area contributed by atoms with Gasteiger partial charge in [0.15, 0.2) is 0 Å². The van der Waals surface area contributed by atoms with Gasteiger partial charge >= 0.3 is 0 Å². The van der Waals surface area contributed by atoms with Gasteiger partial charge in [-0.05, 0) is 20.9 Å². The maximum atomic E-state index is 8.95. The number of hydrogen-bond acceptors (Lipinski definition) is 3. The van der Waals surface area contributed by atoms with Gasteiger partial charge in [0.2, 0.25) is 0 Å². The summed E-state index contributed by atoms with van der Waals surface area (Å²) < 4.78 is 0. The van der Waals surface area contributed by atoms with Crippen molar-refractivity contribution in [1.82, 2.24) is 10.2 Å². The van der Waals surface area contributed by atoms with Gasteiger partial charge in [0.1, 0.15) is 0 Å². The van der Waals surface area contributed by atoms with E-state index < -0.39 is 0 Å². The normalized spacial score (nSPS) is 32.2. The van der Waals surface area contributed by atoms with Crippen LogP contribution in [-0.4, -0.2) is 48.3 Å². The third-order valence-electron chi connectivity index (χ3n) is 2.01. The van der Waals surface area contributed by atoms with Gasteiger partial charge < -0.3 is 15.3 Å². The molecule has 3 nitrogen and oxygen atoms in total. The molecular formula is C8H18N2O. The van der Waals surface area contributed by atoms with E-state index in [-0.39, 0.29) is 18.2 Å². The van der Waals surface area contributed by atoms with Gasteiger partial charge in [0.25, 0.3) is 0 Å². The fourth-order valence-electron chi connectivity index (χ4n) is 1.86. The molecule has 0 unspecified atom stereocenters. The molecule has 0 saturated carbocycles. The minimum atomic E-state index is 0.139. The van der Waals surface area contributed by atoms with Crippen molar-refractivity contribution in [2.75, 3.05) is 26.7 Å². The summed E-state index contributed by atoms with van der Waals surface area (Å²) in [6, 6.07) is 0.240. The fraction of sp³-hybridized carbons (Fsp3) is 1.00. The smallest absolute Gasteiger partial charge is 0.0597 e. The Kier molecular flexibility index (Phi) is 2.52. The van der Waals surface area contributed by atoms with Crippen LogP contribution < -0.4 is 5.32 Å². The molecule has 0 aliphatic carbocycles. The van der Waals surface area contributed by atoms with Gasteiger partial charge in [-0.2, -0.15) is 0 Å². The number of hydrogen-bond donors (Lipinski definition) is 2. The Morgan fingerprint density at radius 3 is 2.73 bits per heavy atom. The molecule has 0 radical (unpaired) electrons. The van der Waals surface area contributed by atoms with Crippen molar-refractivity contribution in [2.24, 2.45) is 0 Å². The first kappa shape index (κ1) is 8.97. The van der Waals surface area contributed by atoms with Crippen LogP contribution in [-0.2, 0) is 0 Å². The number of nitrogens with one attached hydrogen (secondary N) is 1. The summed E-state index contributed by atoms with van der Waals surface area (Å²) >= 11 is 0. The lowest BCUT2D eigenvalue weighted by Gasteiger charge is -2.41. The Morgan fingerprint density at radius 2 is 2.27 bits per heavy atom. The summed E-state index contributed by atoms with van der Waals surface area (Å²) in [5.74, 6) is 0. The summed E-state index contributed by atoms with van der Waals surface area (Å²) in [6.07, 6.45) is 0. The Morgan fingerprint density at radius 1 is 1.64 bits per heavy atom. The van der Waals surface area contributed by atoms with Crippen LogP contribution >= 0.6 is 0 Å². The number of likely N-dealkylation sites (N-methyl/N-ethyl adjacent to an activating group) is 1. The Balaban J connectivity index is 2.51. The van der Waals surface area contributed by atoms with Crippen LogP contribution in [0, 0.1) is 0 Å². The van der Waals surface area contributed by atoms with Crippen LogP contribution in [0.4, 0.5) is 0 Å². The molecule has 2 N–H and O–H groups in total. The molecule has 1 aliphatic rings. The number of aliphatic hydroxyl groups excluding tert-OH is 1. The lowest BCUT2D eigenvalue weighted by Crippen LogP contribution is -2.62. The minimum Gasteiger partial charge on any atom is -0.395 e. The van der Waals surface area contributed by atoms with Gasteiger partial charge in [-0.1, -0.05) is 0 Å². The summed E-state index contributed by atoms with van der Waals surface area (Å²) in [6.45, 7) is 6.54. The van der Waals surface area contributed by atoms with Crippen molar-refractivity contribution >= 4 is 0 Å². The van der Waals surface area contributed by atoms with E-state index in [2.05, 4.69) is 31.1 Å². The van der Waals surface area contributed by atoms with E-state index in [1.54, 1.807) is 0 Å². The maximum Gasteiger partial charge on any atom is 0.0597 e. The average Bonchev–Trinajstić information content (AvgIpc) is 1.83. The highest BCUT2D eigenvalue weighted by Crippen LogP contribution is 2.11. The quantitative estimate of drug-likeness (QED) is 0.548. The first-order chi connectivity index (χ1) is 5.03. The molecule has 66 valence electrons. The van der Waals surface area contributed by atoms with Crippen LogP contribution in [0.5, 0.6) is 0 Å². The second kappa shape index (κ2) is 3.09. The van der Waals surface area contributed by atoms with Crippen molar-refractivity contribution in [3.05, 3.63) is 0 Å². The van der Waals surface area contributed by atoms with Crippen LogP contribution in [0.2, 0.25) is 0 Å². The SMILES string of the molecule is CN1C[C@H](CO)NC(C)(C)C1. The molecule has 1 aliphatic heterocycles. The monoisotopic (exact) mass is 158 g/mol. The highest BCUT2D eigenvalue weighted by atomic mass is 16.3. The number of aliphatic hydroxyl groups is 1. The van der Waals surface area contributed by atoms with Crippen LogP contribution in [0.1, 0.15) is 13.8 Å². The lowest BCUT2D eigenvalue weighted by molar-refractivity contribution is 0.104. The molecule has 1 saturated heterocycles. The van der Waals surface area contributed by atoms with Gasteiger partial charge in [-0.25, -0.2) is 0 Å². The van der Waals surface area contributed by atoms with Crippen LogP contribution in [0.3, 0.4) is 0 Å². The van der Waals surface area contributed by atoms with Crippen molar-refractivity contribution in [2.45, 2.75) is 25.4 Å². The zero-order valence-corrected chi connectivity index (χ0v) is 7.59. The molecule has 1 atom stereocenters. The van der Waals surface area contributed by atoms with E-state index in [4.69, 9.17) is 5.11 Å². The largest absolute Gasteiger partial charge is 0.395 e.